The van der Waals surface area contributed by atoms with Gasteiger partial charge in [0.05, 0.1) is 18.2 Å². The second kappa shape index (κ2) is 12.3. The van der Waals surface area contributed by atoms with E-state index in [4.69, 9.17) is 21.1 Å². The van der Waals surface area contributed by atoms with Crippen molar-refractivity contribution in [3.8, 4) is 17.2 Å². The van der Waals surface area contributed by atoms with Crippen LogP contribution in [0.25, 0.3) is 0 Å². The lowest BCUT2D eigenvalue weighted by Crippen LogP contribution is -2.49. The normalized spacial score (nSPS) is 20.7. The SMILES string of the molecule is O=C(c1ccc(OC(=O)C(F)(F)F)cc1OC[C@@H](O)CN1CCC2(CC1)Cc1cc(Cl)ccc1O2)N1CCC[C@@H]1CO. The number of β-amino-alcohol motifs (C(OH)–C–C–N with tert-alkyl or cyclic N) is 1. The minimum absolute atomic E-state index is 0.0207. The number of benzene rings is 2. The van der Waals surface area contributed by atoms with Crippen LogP contribution in [0, 0.1) is 0 Å². The molecule has 3 aliphatic rings. The lowest BCUT2D eigenvalue weighted by molar-refractivity contribution is -0.189. The molecule has 0 radical (unpaired) electrons. The van der Waals surface area contributed by atoms with Gasteiger partial charge in [-0.25, -0.2) is 4.79 Å². The number of aliphatic hydroxyl groups is 2. The molecular weight excluding hydrogens is 581 g/mol. The summed E-state index contributed by atoms with van der Waals surface area (Å²) in [5.41, 5.74) is 0.792. The number of ether oxygens (including phenoxy) is 3. The third-order valence-electron chi connectivity index (χ3n) is 8.00. The maximum atomic E-state index is 13.3. The number of likely N-dealkylation sites (tertiary alicyclic amines) is 2. The highest BCUT2D eigenvalue weighted by Crippen LogP contribution is 2.42. The third-order valence-corrected chi connectivity index (χ3v) is 8.24. The van der Waals surface area contributed by atoms with Crippen LogP contribution in [0.2, 0.25) is 5.02 Å². The summed E-state index contributed by atoms with van der Waals surface area (Å²) < 4.78 is 54.7. The summed E-state index contributed by atoms with van der Waals surface area (Å²) in [4.78, 5) is 28.2. The average molecular weight is 613 g/mol. The molecule has 0 aliphatic carbocycles. The van der Waals surface area contributed by atoms with E-state index < -0.39 is 35.9 Å². The maximum absolute atomic E-state index is 13.3. The highest BCUT2D eigenvalue weighted by atomic mass is 35.5. The standard InChI is InChI=1S/C29H32ClF3N2O7/c30-19-3-6-24-18(12-19)14-28(42-24)7-10-34(11-8-28)15-21(37)17-40-25-13-22(41-27(39)29(31,32)33)4-5-23(25)26(38)35-9-1-2-20(35)16-36/h3-6,12-13,20-21,36-37H,1-2,7-11,14-17H2/t20-,21+/m1/s1. The molecule has 9 nitrogen and oxygen atoms in total. The van der Waals surface area contributed by atoms with Crippen molar-refractivity contribution in [1.82, 2.24) is 9.80 Å². The first-order chi connectivity index (χ1) is 20.0. The molecule has 2 fully saturated rings. The molecule has 5 rings (SSSR count). The fourth-order valence-electron chi connectivity index (χ4n) is 5.84. The molecule has 0 saturated carbocycles. The summed E-state index contributed by atoms with van der Waals surface area (Å²) >= 11 is 6.13. The third kappa shape index (κ3) is 6.77. The van der Waals surface area contributed by atoms with Crippen LogP contribution in [-0.2, 0) is 11.2 Å². The number of fused-ring (bicyclic) bond motifs is 1. The van der Waals surface area contributed by atoms with Crippen LogP contribution in [0.1, 0.15) is 41.6 Å². The van der Waals surface area contributed by atoms with Crippen molar-refractivity contribution in [2.45, 2.75) is 56.0 Å². The van der Waals surface area contributed by atoms with Gasteiger partial charge in [-0.05, 0) is 48.7 Å². The molecule has 228 valence electrons. The zero-order chi connectivity index (χ0) is 30.1. The van der Waals surface area contributed by atoms with Gasteiger partial charge in [-0.3, -0.25) is 4.79 Å². The molecule has 1 amide bonds. The highest BCUT2D eigenvalue weighted by molar-refractivity contribution is 6.30. The fraction of sp³-hybridized carbons (Fsp3) is 0.517. The summed E-state index contributed by atoms with van der Waals surface area (Å²) in [5, 5.41) is 21.1. The van der Waals surface area contributed by atoms with Crippen LogP contribution in [0.15, 0.2) is 36.4 Å². The monoisotopic (exact) mass is 612 g/mol. The number of carbonyl (C=O) groups excluding carboxylic acids is 2. The van der Waals surface area contributed by atoms with Crippen LogP contribution in [-0.4, -0.2) is 95.2 Å². The fourth-order valence-corrected chi connectivity index (χ4v) is 6.03. The number of alkyl halides is 3. The van der Waals surface area contributed by atoms with Crippen LogP contribution in [0.5, 0.6) is 17.2 Å². The number of hydrogen-bond acceptors (Lipinski definition) is 8. The van der Waals surface area contributed by atoms with E-state index in [-0.39, 0.29) is 36.7 Å². The van der Waals surface area contributed by atoms with Crippen LogP contribution in [0.3, 0.4) is 0 Å². The predicted octanol–water partition coefficient (Wildman–Crippen LogP) is 3.61. The van der Waals surface area contributed by atoms with Crippen LogP contribution >= 0.6 is 11.6 Å². The van der Waals surface area contributed by atoms with Gasteiger partial charge in [0.15, 0.2) is 0 Å². The number of halogens is 4. The smallest absolute Gasteiger partial charge is 0.490 e. The van der Waals surface area contributed by atoms with Crippen molar-refractivity contribution in [3.05, 3.63) is 52.5 Å². The number of rotatable bonds is 8. The maximum Gasteiger partial charge on any atom is 0.491 e. The molecule has 0 bridgehead atoms. The quantitative estimate of drug-likeness (QED) is 0.344. The zero-order valence-corrected chi connectivity index (χ0v) is 23.5. The number of aliphatic hydroxyl groups excluding tert-OH is 2. The average Bonchev–Trinajstić information content (AvgIpc) is 3.56. The van der Waals surface area contributed by atoms with E-state index in [9.17, 15) is 33.0 Å². The molecule has 3 aliphatic heterocycles. The Morgan fingerprint density at radius 2 is 1.90 bits per heavy atom. The van der Waals surface area contributed by atoms with Gasteiger partial charge in [0.1, 0.15) is 35.6 Å². The molecule has 2 aromatic carbocycles. The van der Waals surface area contributed by atoms with Gasteiger partial charge in [-0.1, -0.05) is 11.6 Å². The number of amides is 1. The Kier molecular flexibility index (Phi) is 8.89. The minimum atomic E-state index is -5.21. The molecule has 42 heavy (non-hydrogen) atoms. The molecule has 0 unspecified atom stereocenters. The first-order valence-corrected chi connectivity index (χ1v) is 14.2. The highest BCUT2D eigenvalue weighted by Gasteiger charge is 2.43. The first-order valence-electron chi connectivity index (χ1n) is 13.8. The Morgan fingerprint density at radius 3 is 2.62 bits per heavy atom. The minimum Gasteiger partial charge on any atom is -0.490 e. The molecule has 3 heterocycles. The van der Waals surface area contributed by atoms with Crippen molar-refractivity contribution in [1.29, 1.82) is 0 Å². The molecule has 2 atom stereocenters. The Labute approximate surface area is 245 Å². The molecule has 13 heteroatoms. The summed E-state index contributed by atoms with van der Waals surface area (Å²) in [6.45, 7) is 1.51. The Morgan fingerprint density at radius 1 is 1.14 bits per heavy atom. The van der Waals surface area contributed by atoms with E-state index in [1.165, 1.54) is 11.0 Å². The van der Waals surface area contributed by atoms with Crippen molar-refractivity contribution < 1.29 is 47.2 Å². The van der Waals surface area contributed by atoms with Gasteiger partial charge in [0.25, 0.3) is 5.91 Å². The van der Waals surface area contributed by atoms with Crippen molar-refractivity contribution in [2.24, 2.45) is 0 Å². The molecule has 2 saturated heterocycles. The second-order valence-corrected chi connectivity index (χ2v) is 11.4. The van der Waals surface area contributed by atoms with Gasteiger partial charge in [-0.15, -0.1) is 0 Å². The summed E-state index contributed by atoms with van der Waals surface area (Å²) in [6.07, 6.45) is -2.62. The van der Waals surface area contributed by atoms with E-state index in [1.54, 1.807) is 6.07 Å². The number of esters is 1. The molecular formula is C29H32ClF3N2O7. The van der Waals surface area contributed by atoms with E-state index >= 15 is 0 Å². The largest absolute Gasteiger partial charge is 0.491 e. The second-order valence-electron chi connectivity index (χ2n) is 11.0. The van der Waals surface area contributed by atoms with Crippen molar-refractivity contribution in [3.63, 3.8) is 0 Å². The van der Waals surface area contributed by atoms with Gasteiger partial charge in [0.2, 0.25) is 0 Å². The van der Waals surface area contributed by atoms with E-state index in [0.29, 0.717) is 37.5 Å². The van der Waals surface area contributed by atoms with Crippen molar-refractivity contribution in [2.75, 3.05) is 39.4 Å². The summed E-state index contributed by atoms with van der Waals surface area (Å²) in [5.74, 6) is -2.64. The Bertz CT molecular complexity index is 1320. The lowest BCUT2D eigenvalue weighted by atomic mass is 9.87. The summed E-state index contributed by atoms with van der Waals surface area (Å²) in [6, 6.07) is 8.53. The van der Waals surface area contributed by atoms with Gasteiger partial charge >= 0.3 is 12.1 Å². The van der Waals surface area contributed by atoms with E-state index in [0.717, 1.165) is 42.7 Å². The first kappa shape index (κ1) is 30.4. The molecule has 2 aromatic rings. The zero-order valence-electron chi connectivity index (χ0n) is 22.7. The number of piperidine rings is 1. The number of hydrogen-bond donors (Lipinski definition) is 2. The molecule has 1 spiro atoms. The van der Waals surface area contributed by atoms with E-state index in [2.05, 4.69) is 9.64 Å². The Hall–Kier alpha value is -3.06. The molecule has 0 aromatic heterocycles. The number of carbonyl (C=O) groups is 2. The lowest BCUT2D eigenvalue weighted by Gasteiger charge is -2.39. The topological polar surface area (TPSA) is 109 Å². The van der Waals surface area contributed by atoms with Gasteiger partial charge < -0.3 is 34.2 Å². The van der Waals surface area contributed by atoms with Crippen molar-refractivity contribution >= 4 is 23.5 Å². The van der Waals surface area contributed by atoms with Crippen LogP contribution in [0.4, 0.5) is 13.2 Å². The summed E-state index contributed by atoms with van der Waals surface area (Å²) in [7, 11) is 0. The van der Waals surface area contributed by atoms with Gasteiger partial charge in [0, 0.05) is 56.5 Å². The van der Waals surface area contributed by atoms with Gasteiger partial charge in [-0.2, -0.15) is 13.2 Å². The Balaban J connectivity index is 1.21. The molecule has 2 N–H and O–H groups in total. The van der Waals surface area contributed by atoms with E-state index in [1.807, 2.05) is 12.1 Å². The predicted molar refractivity (Wildman–Crippen MR) is 145 cm³/mol. The number of nitrogens with zero attached hydrogens (tertiary/aromatic N) is 2. The van der Waals surface area contributed by atoms with Crippen LogP contribution < -0.4 is 14.2 Å².